The van der Waals surface area contributed by atoms with Crippen molar-refractivity contribution in [3.05, 3.63) is 83.2 Å². The van der Waals surface area contributed by atoms with Gasteiger partial charge in [-0.2, -0.15) is 0 Å². The maximum absolute atomic E-state index is 13.0. The van der Waals surface area contributed by atoms with Gasteiger partial charge in [-0.3, -0.25) is 9.78 Å². The van der Waals surface area contributed by atoms with Crippen LogP contribution in [-0.2, 0) is 12.3 Å². The zero-order valence-corrected chi connectivity index (χ0v) is 20.0. The molecule has 13 heteroatoms. The molecule has 9 nitrogen and oxygen atoms in total. The van der Waals surface area contributed by atoms with Crippen LogP contribution in [0.15, 0.2) is 59.9 Å². The van der Waals surface area contributed by atoms with Gasteiger partial charge in [0.05, 0.1) is 23.6 Å². The lowest BCUT2D eigenvalue weighted by molar-refractivity contribution is -0.274. The quantitative estimate of drug-likeness (QED) is 0.275. The number of aromatic nitrogens is 6. The fourth-order valence-electron chi connectivity index (χ4n) is 3.25. The van der Waals surface area contributed by atoms with Crippen LogP contribution in [0.2, 0.25) is 0 Å². The van der Waals surface area contributed by atoms with Crippen LogP contribution in [0.4, 0.5) is 13.2 Å². The van der Waals surface area contributed by atoms with Crippen LogP contribution in [0, 0.1) is 13.8 Å². The molecule has 0 saturated carbocycles. The summed E-state index contributed by atoms with van der Waals surface area (Å²) < 4.78 is 42.9. The van der Waals surface area contributed by atoms with Crippen molar-refractivity contribution in [2.45, 2.75) is 37.7 Å². The zero-order valence-electron chi connectivity index (χ0n) is 19.2. The van der Waals surface area contributed by atoms with E-state index in [1.165, 1.54) is 28.6 Å². The highest BCUT2D eigenvalue weighted by atomic mass is 32.2. The third-order valence-corrected chi connectivity index (χ3v) is 5.61. The van der Waals surface area contributed by atoms with Crippen LogP contribution < -0.4 is 10.1 Å². The predicted octanol–water partition coefficient (Wildman–Crippen LogP) is 4.19. The van der Waals surface area contributed by atoms with Gasteiger partial charge in [0.15, 0.2) is 10.9 Å². The molecule has 4 aromatic rings. The number of aryl methyl sites for hydroxylation is 2. The van der Waals surface area contributed by atoms with Crippen LogP contribution in [0.3, 0.4) is 0 Å². The van der Waals surface area contributed by atoms with Gasteiger partial charge in [0.25, 0.3) is 5.91 Å². The molecule has 0 saturated heterocycles. The first-order valence-corrected chi connectivity index (χ1v) is 11.6. The fourth-order valence-corrected chi connectivity index (χ4v) is 4.19. The Labute approximate surface area is 208 Å². The molecule has 186 valence electrons. The molecular weight excluding hydrogens is 495 g/mol. The lowest BCUT2D eigenvalue weighted by atomic mass is 10.2. The summed E-state index contributed by atoms with van der Waals surface area (Å²) in [7, 11) is 0. The number of alkyl halides is 3. The number of carbonyl (C=O) groups excluding carboxylic acids is 1. The molecular formula is C23H20F3N7O2S. The SMILES string of the molecule is Cc1cc(C)nc(SCc2c(C(=O)NCc3ccccn3)nnn2-c2ccc(OC(F)(F)F)cc2)n1. The molecule has 0 spiro atoms. The topological polar surface area (TPSA) is 108 Å². The molecule has 3 aromatic heterocycles. The Bertz CT molecular complexity index is 1330. The molecule has 3 heterocycles. The molecule has 0 unspecified atom stereocenters. The number of hydrogen-bond donors (Lipinski definition) is 1. The largest absolute Gasteiger partial charge is 0.573 e. The molecule has 0 aliphatic heterocycles. The molecule has 1 amide bonds. The van der Waals surface area contributed by atoms with Gasteiger partial charge < -0.3 is 10.1 Å². The Hall–Kier alpha value is -4.00. The number of nitrogens with one attached hydrogen (secondary N) is 1. The first kappa shape index (κ1) is 25.1. The number of benzene rings is 1. The Balaban J connectivity index is 1.61. The van der Waals surface area contributed by atoms with Gasteiger partial charge >= 0.3 is 6.36 Å². The lowest BCUT2D eigenvalue weighted by Crippen LogP contribution is -2.25. The highest BCUT2D eigenvalue weighted by Crippen LogP contribution is 2.26. The van der Waals surface area contributed by atoms with Crippen LogP contribution >= 0.6 is 11.8 Å². The molecule has 0 atom stereocenters. The maximum Gasteiger partial charge on any atom is 0.573 e. The number of halogens is 3. The van der Waals surface area contributed by atoms with E-state index in [-0.39, 0.29) is 23.7 Å². The Morgan fingerprint density at radius 3 is 2.44 bits per heavy atom. The van der Waals surface area contributed by atoms with Crippen molar-refractivity contribution in [3.63, 3.8) is 0 Å². The predicted molar refractivity (Wildman–Crippen MR) is 125 cm³/mol. The van der Waals surface area contributed by atoms with Gasteiger partial charge in [-0.1, -0.05) is 23.0 Å². The summed E-state index contributed by atoms with van der Waals surface area (Å²) in [6.07, 6.45) is -3.18. The normalized spacial score (nSPS) is 11.4. The van der Waals surface area contributed by atoms with E-state index in [2.05, 4.69) is 35.3 Å². The fraction of sp³-hybridized carbons (Fsp3) is 0.217. The molecule has 0 radical (unpaired) electrons. The van der Waals surface area contributed by atoms with Crippen molar-refractivity contribution in [1.29, 1.82) is 0 Å². The minimum absolute atomic E-state index is 0.0680. The van der Waals surface area contributed by atoms with Crippen LogP contribution in [-0.4, -0.2) is 42.2 Å². The van der Waals surface area contributed by atoms with E-state index in [1.54, 1.807) is 18.3 Å². The number of nitrogens with zero attached hydrogens (tertiary/aromatic N) is 6. The number of pyridine rings is 1. The molecule has 1 N–H and O–H groups in total. The summed E-state index contributed by atoms with van der Waals surface area (Å²) in [4.78, 5) is 26.0. The zero-order chi connectivity index (χ0) is 25.7. The van der Waals surface area contributed by atoms with Crippen molar-refractivity contribution in [3.8, 4) is 11.4 Å². The van der Waals surface area contributed by atoms with Gasteiger partial charge in [0.1, 0.15) is 5.75 Å². The van der Waals surface area contributed by atoms with E-state index in [9.17, 15) is 18.0 Å². The average Bonchev–Trinajstić information content (AvgIpc) is 3.25. The molecule has 0 aliphatic carbocycles. The summed E-state index contributed by atoms with van der Waals surface area (Å²) >= 11 is 1.28. The van der Waals surface area contributed by atoms with Gasteiger partial charge in [-0.05, 0) is 56.3 Å². The molecule has 0 bridgehead atoms. The first-order chi connectivity index (χ1) is 17.2. The first-order valence-electron chi connectivity index (χ1n) is 10.6. The summed E-state index contributed by atoms with van der Waals surface area (Å²) in [5.74, 6) is -0.622. The van der Waals surface area contributed by atoms with E-state index in [0.29, 0.717) is 22.2 Å². The van der Waals surface area contributed by atoms with Crippen molar-refractivity contribution >= 4 is 17.7 Å². The summed E-state index contributed by atoms with van der Waals surface area (Å²) in [5, 5.41) is 11.4. The highest BCUT2D eigenvalue weighted by Gasteiger charge is 2.31. The number of carbonyl (C=O) groups is 1. The minimum Gasteiger partial charge on any atom is -0.406 e. The second-order valence-electron chi connectivity index (χ2n) is 7.56. The van der Waals surface area contributed by atoms with Crippen LogP contribution in [0.5, 0.6) is 5.75 Å². The van der Waals surface area contributed by atoms with Gasteiger partial charge in [0.2, 0.25) is 0 Å². The second kappa shape index (κ2) is 10.7. The molecule has 0 fully saturated rings. The smallest absolute Gasteiger partial charge is 0.406 e. The Morgan fingerprint density at radius 2 is 1.81 bits per heavy atom. The maximum atomic E-state index is 13.0. The van der Waals surface area contributed by atoms with Crippen LogP contribution in [0.25, 0.3) is 5.69 Å². The lowest BCUT2D eigenvalue weighted by Gasteiger charge is -2.11. The average molecular weight is 516 g/mol. The number of ether oxygens (including phenoxy) is 1. The second-order valence-corrected chi connectivity index (χ2v) is 8.51. The number of amides is 1. The van der Waals surface area contributed by atoms with Crippen molar-refractivity contribution in [2.24, 2.45) is 0 Å². The number of hydrogen-bond acceptors (Lipinski definition) is 8. The van der Waals surface area contributed by atoms with E-state index >= 15 is 0 Å². The van der Waals surface area contributed by atoms with Crippen molar-refractivity contribution < 1.29 is 22.7 Å². The van der Waals surface area contributed by atoms with Gasteiger partial charge in [-0.25, -0.2) is 14.6 Å². The molecule has 1 aromatic carbocycles. The Morgan fingerprint density at radius 1 is 1.08 bits per heavy atom. The molecule has 0 aliphatic rings. The van der Waals surface area contributed by atoms with Gasteiger partial charge in [-0.15, -0.1) is 18.3 Å². The molecule has 36 heavy (non-hydrogen) atoms. The Kier molecular flexibility index (Phi) is 7.48. The third-order valence-electron chi connectivity index (χ3n) is 4.75. The third kappa shape index (κ3) is 6.56. The summed E-state index contributed by atoms with van der Waals surface area (Å²) in [5.41, 5.74) is 3.15. The minimum atomic E-state index is -4.80. The highest BCUT2D eigenvalue weighted by molar-refractivity contribution is 7.98. The van der Waals surface area contributed by atoms with E-state index < -0.39 is 12.3 Å². The number of thioether (sulfide) groups is 1. The standard InChI is InChI=1S/C23H20F3N7O2S/c1-14-11-15(2)30-22(29-14)36-13-19-20(21(34)28-12-16-5-3-4-10-27-16)31-32-33(19)17-6-8-18(9-7-17)35-23(24,25)26/h3-11H,12-13H2,1-2H3,(H,28,34). The number of rotatable bonds is 8. The van der Waals surface area contributed by atoms with E-state index in [1.807, 2.05) is 26.0 Å². The van der Waals surface area contributed by atoms with E-state index in [4.69, 9.17) is 0 Å². The van der Waals surface area contributed by atoms with Crippen molar-refractivity contribution in [2.75, 3.05) is 0 Å². The van der Waals surface area contributed by atoms with Crippen molar-refractivity contribution in [1.82, 2.24) is 35.3 Å². The van der Waals surface area contributed by atoms with E-state index in [0.717, 1.165) is 23.5 Å². The summed E-state index contributed by atoms with van der Waals surface area (Å²) in [6.45, 7) is 3.89. The van der Waals surface area contributed by atoms with Crippen LogP contribution in [0.1, 0.15) is 33.3 Å². The molecule has 4 rings (SSSR count). The monoisotopic (exact) mass is 515 g/mol. The summed E-state index contributed by atoms with van der Waals surface area (Å²) in [6, 6.07) is 12.3. The van der Waals surface area contributed by atoms with Gasteiger partial charge in [0, 0.05) is 23.3 Å².